The van der Waals surface area contributed by atoms with Gasteiger partial charge in [-0.2, -0.15) is 11.8 Å². The van der Waals surface area contributed by atoms with Gasteiger partial charge in [-0.25, -0.2) is 4.39 Å². The molecule has 0 aromatic heterocycles. The summed E-state index contributed by atoms with van der Waals surface area (Å²) in [5.74, 6) is 1.29. The van der Waals surface area contributed by atoms with Crippen LogP contribution in [0.3, 0.4) is 0 Å². The van der Waals surface area contributed by atoms with Crippen LogP contribution in [0.5, 0.6) is 0 Å². The molecule has 3 rings (SSSR count). The molecule has 1 heterocycles. The highest BCUT2D eigenvalue weighted by Crippen LogP contribution is 2.34. The van der Waals surface area contributed by atoms with Crippen molar-refractivity contribution >= 4 is 29.4 Å². The minimum atomic E-state index is -0.248. The molecule has 2 nitrogen and oxygen atoms in total. The van der Waals surface area contributed by atoms with Crippen molar-refractivity contribution in [1.82, 2.24) is 4.90 Å². The Kier molecular flexibility index (Phi) is 6.21. The largest absolute Gasteiger partial charge is 0.341 e. The molecule has 126 valence electrons. The predicted octanol–water partition coefficient (Wildman–Crippen LogP) is 4.62. The van der Waals surface area contributed by atoms with Crippen molar-refractivity contribution in [1.29, 1.82) is 0 Å². The Labute approximate surface area is 150 Å². The zero-order chi connectivity index (χ0) is 16.8. The van der Waals surface area contributed by atoms with E-state index in [1.54, 1.807) is 12.1 Å². The second kappa shape index (κ2) is 8.58. The highest BCUT2D eigenvalue weighted by atomic mass is 32.2. The van der Waals surface area contributed by atoms with Crippen molar-refractivity contribution < 1.29 is 9.18 Å². The maximum Gasteiger partial charge on any atom is 0.232 e. The zero-order valence-corrected chi connectivity index (χ0v) is 15.0. The Bertz CT molecular complexity index is 663. The van der Waals surface area contributed by atoms with Crippen LogP contribution in [-0.4, -0.2) is 35.4 Å². The lowest BCUT2D eigenvalue weighted by Gasteiger charge is -2.20. The number of carbonyl (C=O) groups excluding carboxylic acids is 1. The van der Waals surface area contributed by atoms with Crippen LogP contribution < -0.4 is 0 Å². The molecule has 0 radical (unpaired) electrons. The first kappa shape index (κ1) is 17.4. The lowest BCUT2D eigenvalue weighted by atomic mass is 10.1. The lowest BCUT2D eigenvalue weighted by Crippen LogP contribution is -2.34. The van der Waals surface area contributed by atoms with Gasteiger partial charge in [0.1, 0.15) is 5.82 Å². The summed E-state index contributed by atoms with van der Waals surface area (Å²) in [4.78, 5) is 15.3. The summed E-state index contributed by atoms with van der Waals surface area (Å²) in [6.07, 6.45) is 0.988. The SMILES string of the molecule is O=C(CSc1ccc(F)cc1)N1CCS[C@H](c2ccccc2)CC1. The molecule has 0 spiro atoms. The second-order valence-corrected chi connectivity index (χ2v) is 8.04. The molecule has 1 amide bonds. The Morgan fingerprint density at radius 2 is 1.88 bits per heavy atom. The minimum absolute atomic E-state index is 0.165. The number of halogens is 1. The van der Waals surface area contributed by atoms with Crippen LogP contribution in [0.4, 0.5) is 4.39 Å². The third kappa shape index (κ3) is 4.77. The van der Waals surface area contributed by atoms with E-state index in [1.165, 1.54) is 29.5 Å². The van der Waals surface area contributed by atoms with E-state index in [2.05, 4.69) is 24.3 Å². The van der Waals surface area contributed by atoms with E-state index in [-0.39, 0.29) is 11.7 Å². The van der Waals surface area contributed by atoms with E-state index in [9.17, 15) is 9.18 Å². The van der Waals surface area contributed by atoms with E-state index in [4.69, 9.17) is 0 Å². The molecule has 0 saturated carbocycles. The molecule has 0 unspecified atom stereocenters. The molecular formula is C19H20FNOS2. The summed E-state index contributed by atoms with van der Waals surface area (Å²) in [5.41, 5.74) is 1.34. The molecule has 24 heavy (non-hydrogen) atoms. The first-order valence-electron chi connectivity index (χ1n) is 8.05. The van der Waals surface area contributed by atoms with E-state index < -0.39 is 0 Å². The summed E-state index contributed by atoms with van der Waals surface area (Å²) >= 11 is 3.40. The monoisotopic (exact) mass is 361 g/mol. The normalized spacial score (nSPS) is 18.2. The Morgan fingerprint density at radius 1 is 1.12 bits per heavy atom. The van der Waals surface area contributed by atoms with Gasteiger partial charge >= 0.3 is 0 Å². The highest BCUT2D eigenvalue weighted by molar-refractivity contribution is 8.00. The summed E-state index contributed by atoms with van der Waals surface area (Å²) in [6, 6.07) is 16.8. The Hall–Kier alpha value is -1.46. The number of hydrogen-bond donors (Lipinski definition) is 0. The molecule has 2 aromatic rings. The molecule has 1 aliphatic rings. The fourth-order valence-electron chi connectivity index (χ4n) is 2.72. The number of nitrogens with zero attached hydrogens (tertiary/aromatic N) is 1. The number of carbonyl (C=O) groups is 1. The topological polar surface area (TPSA) is 20.3 Å². The van der Waals surface area contributed by atoms with Gasteiger partial charge in [0.15, 0.2) is 0 Å². The fraction of sp³-hybridized carbons (Fsp3) is 0.316. The van der Waals surface area contributed by atoms with Crippen LogP contribution >= 0.6 is 23.5 Å². The van der Waals surface area contributed by atoms with Gasteiger partial charge in [0.2, 0.25) is 5.91 Å². The fourth-order valence-corrected chi connectivity index (χ4v) is 4.75. The molecule has 0 N–H and O–H groups in total. The average molecular weight is 362 g/mol. The molecular weight excluding hydrogens is 341 g/mol. The van der Waals surface area contributed by atoms with E-state index in [0.29, 0.717) is 11.0 Å². The molecule has 0 aliphatic carbocycles. The molecule has 1 saturated heterocycles. The third-order valence-electron chi connectivity index (χ3n) is 4.04. The van der Waals surface area contributed by atoms with Crippen LogP contribution in [0.25, 0.3) is 0 Å². The van der Waals surface area contributed by atoms with Crippen LogP contribution in [0.2, 0.25) is 0 Å². The number of amides is 1. The van der Waals surface area contributed by atoms with Crippen molar-refractivity contribution in [2.24, 2.45) is 0 Å². The van der Waals surface area contributed by atoms with E-state index >= 15 is 0 Å². The molecule has 2 aromatic carbocycles. The maximum absolute atomic E-state index is 12.9. The number of rotatable bonds is 4. The zero-order valence-electron chi connectivity index (χ0n) is 13.4. The molecule has 0 bridgehead atoms. The Balaban J connectivity index is 1.52. The highest BCUT2D eigenvalue weighted by Gasteiger charge is 2.21. The van der Waals surface area contributed by atoms with Gasteiger partial charge in [-0.1, -0.05) is 30.3 Å². The van der Waals surface area contributed by atoms with Gasteiger partial charge in [-0.05, 0) is 36.2 Å². The Morgan fingerprint density at radius 3 is 2.62 bits per heavy atom. The average Bonchev–Trinajstić information content (AvgIpc) is 2.88. The smallest absolute Gasteiger partial charge is 0.232 e. The first-order chi connectivity index (χ1) is 11.7. The van der Waals surface area contributed by atoms with E-state index in [0.717, 1.165) is 30.2 Å². The molecule has 5 heteroatoms. The second-order valence-electron chi connectivity index (χ2n) is 5.68. The minimum Gasteiger partial charge on any atom is -0.341 e. The van der Waals surface area contributed by atoms with Gasteiger partial charge in [-0.3, -0.25) is 4.79 Å². The number of thioether (sulfide) groups is 2. The standard InChI is InChI=1S/C19H20FNOS2/c20-16-6-8-17(9-7-16)24-14-19(22)21-11-10-18(23-13-12-21)15-4-2-1-3-5-15/h1-9,18H,10-14H2/t18-/m0/s1. The van der Waals surface area contributed by atoms with Crippen LogP contribution in [0.1, 0.15) is 17.2 Å². The summed E-state index contributed by atoms with van der Waals surface area (Å²) in [5, 5.41) is 0.466. The summed E-state index contributed by atoms with van der Waals surface area (Å²) in [7, 11) is 0. The first-order valence-corrected chi connectivity index (χ1v) is 10.1. The summed E-state index contributed by atoms with van der Waals surface area (Å²) < 4.78 is 12.9. The van der Waals surface area contributed by atoms with Crippen molar-refractivity contribution in [2.45, 2.75) is 16.6 Å². The van der Waals surface area contributed by atoms with Gasteiger partial charge in [0.25, 0.3) is 0 Å². The summed E-state index contributed by atoms with van der Waals surface area (Å²) in [6.45, 7) is 1.60. The van der Waals surface area contributed by atoms with E-state index in [1.807, 2.05) is 22.7 Å². The number of benzene rings is 2. The van der Waals surface area contributed by atoms with Gasteiger partial charge < -0.3 is 4.90 Å². The maximum atomic E-state index is 12.9. The quantitative estimate of drug-likeness (QED) is 0.741. The third-order valence-corrected chi connectivity index (χ3v) is 6.37. The van der Waals surface area contributed by atoms with Crippen molar-refractivity contribution in [3.8, 4) is 0 Å². The molecule has 1 aliphatic heterocycles. The van der Waals surface area contributed by atoms with Crippen molar-refractivity contribution in [3.05, 3.63) is 66.0 Å². The van der Waals surface area contributed by atoms with Crippen LogP contribution in [-0.2, 0) is 4.79 Å². The predicted molar refractivity (Wildman–Crippen MR) is 100.0 cm³/mol. The molecule has 1 atom stereocenters. The van der Waals surface area contributed by atoms with Crippen molar-refractivity contribution in [3.63, 3.8) is 0 Å². The van der Waals surface area contributed by atoms with Crippen molar-refractivity contribution in [2.75, 3.05) is 24.6 Å². The number of hydrogen-bond acceptors (Lipinski definition) is 3. The van der Waals surface area contributed by atoms with Crippen LogP contribution in [0, 0.1) is 5.82 Å². The van der Waals surface area contributed by atoms with Gasteiger partial charge in [-0.15, -0.1) is 11.8 Å². The van der Waals surface area contributed by atoms with Crippen LogP contribution in [0.15, 0.2) is 59.5 Å². The lowest BCUT2D eigenvalue weighted by molar-refractivity contribution is -0.128. The van der Waals surface area contributed by atoms with Gasteiger partial charge in [0.05, 0.1) is 5.75 Å². The van der Waals surface area contributed by atoms with Gasteiger partial charge in [0, 0.05) is 29.0 Å². The molecule has 1 fully saturated rings.